The second-order valence-corrected chi connectivity index (χ2v) is 8.11. The van der Waals surface area contributed by atoms with Gasteiger partial charge in [-0.3, -0.25) is 4.21 Å². The summed E-state index contributed by atoms with van der Waals surface area (Å²) in [6.07, 6.45) is 0.122. The Bertz CT molecular complexity index is 577. The molecule has 1 saturated heterocycles. The van der Waals surface area contributed by atoms with Crippen LogP contribution in [0, 0.1) is 0 Å². The van der Waals surface area contributed by atoms with Gasteiger partial charge in [0.1, 0.15) is 5.75 Å². The largest absolute Gasteiger partial charge is 0.491 e. The minimum Gasteiger partial charge on any atom is -0.491 e. The number of hydrogen-bond donors (Lipinski definition) is 1. The summed E-state index contributed by atoms with van der Waals surface area (Å²) in [5, 5.41) is 2.96. The van der Waals surface area contributed by atoms with Crippen molar-refractivity contribution in [1.82, 2.24) is 10.2 Å². The van der Waals surface area contributed by atoms with Crippen LogP contribution in [0.15, 0.2) is 24.3 Å². The Labute approximate surface area is 140 Å². The van der Waals surface area contributed by atoms with Gasteiger partial charge in [0.2, 0.25) is 0 Å². The molecule has 0 saturated carbocycles. The number of ether oxygens (including phenoxy) is 1. The highest BCUT2D eigenvalue weighted by Gasteiger charge is 2.32. The molecule has 2 amide bonds. The molecule has 1 heterocycles. The number of nitrogens with zero attached hydrogens (tertiary/aromatic N) is 1. The summed E-state index contributed by atoms with van der Waals surface area (Å²) in [5.41, 5.74) is 0.998. The zero-order valence-electron chi connectivity index (χ0n) is 14.2. The van der Waals surface area contributed by atoms with Crippen LogP contribution in [-0.2, 0) is 17.3 Å². The predicted octanol–water partition coefficient (Wildman–Crippen LogP) is 2.52. The molecule has 3 atom stereocenters. The molecule has 0 spiro atoms. The van der Waals surface area contributed by atoms with Gasteiger partial charge in [-0.2, -0.15) is 0 Å². The van der Waals surface area contributed by atoms with Crippen molar-refractivity contribution in [1.29, 1.82) is 0 Å². The molecule has 1 aliphatic rings. The summed E-state index contributed by atoms with van der Waals surface area (Å²) in [6.45, 7) is 8.86. The molecule has 128 valence electrons. The fourth-order valence-corrected chi connectivity index (χ4v) is 3.95. The van der Waals surface area contributed by atoms with Gasteiger partial charge in [-0.1, -0.05) is 12.1 Å². The third-order valence-corrected chi connectivity index (χ3v) is 5.90. The van der Waals surface area contributed by atoms with E-state index < -0.39 is 10.8 Å². The van der Waals surface area contributed by atoms with E-state index in [2.05, 4.69) is 5.32 Å². The second-order valence-electron chi connectivity index (χ2n) is 6.20. The zero-order chi connectivity index (χ0) is 17.0. The normalized spacial score (nSPS) is 24.6. The van der Waals surface area contributed by atoms with E-state index in [1.807, 2.05) is 52.0 Å². The molecule has 6 heteroatoms. The van der Waals surface area contributed by atoms with Gasteiger partial charge in [0.05, 0.1) is 11.4 Å². The lowest BCUT2D eigenvalue weighted by atomic mass is 10.2. The van der Waals surface area contributed by atoms with Crippen molar-refractivity contribution in [2.24, 2.45) is 0 Å². The van der Waals surface area contributed by atoms with E-state index in [4.69, 9.17) is 4.74 Å². The van der Waals surface area contributed by atoms with Gasteiger partial charge in [-0.25, -0.2) is 4.79 Å². The minimum absolute atomic E-state index is 0.0114. The lowest BCUT2D eigenvalue weighted by molar-refractivity contribution is 0.179. The van der Waals surface area contributed by atoms with E-state index in [-0.39, 0.29) is 23.4 Å². The van der Waals surface area contributed by atoms with Crippen molar-refractivity contribution in [3.63, 3.8) is 0 Å². The van der Waals surface area contributed by atoms with Gasteiger partial charge in [0.25, 0.3) is 0 Å². The quantitative estimate of drug-likeness (QED) is 0.918. The van der Waals surface area contributed by atoms with Crippen molar-refractivity contribution >= 4 is 16.8 Å². The van der Waals surface area contributed by atoms with Gasteiger partial charge in [-0.05, 0) is 45.4 Å². The fraction of sp³-hybridized carbons (Fsp3) is 0.588. The van der Waals surface area contributed by atoms with E-state index in [1.165, 1.54) is 0 Å². The molecule has 1 aliphatic heterocycles. The Morgan fingerprint density at radius 3 is 2.87 bits per heavy atom. The van der Waals surface area contributed by atoms with Crippen molar-refractivity contribution in [3.8, 4) is 5.75 Å². The first-order chi connectivity index (χ1) is 10.9. The van der Waals surface area contributed by atoms with E-state index >= 15 is 0 Å². The topological polar surface area (TPSA) is 58.6 Å². The maximum Gasteiger partial charge on any atom is 0.317 e. The molecule has 0 radical (unpaired) electrons. The first kappa shape index (κ1) is 17.8. The van der Waals surface area contributed by atoms with Crippen LogP contribution in [0.3, 0.4) is 0 Å². The first-order valence-electron chi connectivity index (χ1n) is 8.05. The molecule has 0 bridgehead atoms. The highest BCUT2D eigenvalue weighted by atomic mass is 32.2. The molecule has 0 aromatic heterocycles. The number of rotatable bonds is 4. The fourth-order valence-electron chi connectivity index (χ4n) is 2.62. The van der Waals surface area contributed by atoms with E-state index in [9.17, 15) is 9.00 Å². The standard InChI is InChI=1S/C17H26N2O3S/c1-12(2)22-16-7-5-6-15(10-16)11-18-17(20)19-8-9-23(21)14(4)13(19)3/h5-7,10,12-14H,8-9,11H2,1-4H3,(H,18,20)/t13-,14-,23+/m0/s1. The molecular weight excluding hydrogens is 312 g/mol. The number of benzene rings is 1. The van der Waals surface area contributed by atoms with Gasteiger partial charge in [-0.15, -0.1) is 0 Å². The van der Waals surface area contributed by atoms with Crippen LogP contribution in [0.1, 0.15) is 33.3 Å². The molecule has 2 rings (SSSR count). The van der Waals surface area contributed by atoms with Gasteiger partial charge >= 0.3 is 6.03 Å². The van der Waals surface area contributed by atoms with Crippen LogP contribution in [0.4, 0.5) is 4.79 Å². The summed E-state index contributed by atoms with van der Waals surface area (Å²) in [7, 11) is -0.839. The highest BCUT2D eigenvalue weighted by Crippen LogP contribution is 2.17. The Morgan fingerprint density at radius 2 is 2.17 bits per heavy atom. The molecule has 1 aromatic carbocycles. The summed E-state index contributed by atoms with van der Waals surface area (Å²) >= 11 is 0. The predicted molar refractivity (Wildman–Crippen MR) is 93.1 cm³/mol. The third-order valence-electron chi connectivity index (χ3n) is 4.09. The van der Waals surface area contributed by atoms with Crippen LogP contribution in [0.5, 0.6) is 5.75 Å². The maximum atomic E-state index is 12.4. The lowest BCUT2D eigenvalue weighted by Gasteiger charge is -2.37. The van der Waals surface area contributed by atoms with Crippen LogP contribution < -0.4 is 10.1 Å². The molecule has 0 unspecified atom stereocenters. The maximum absolute atomic E-state index is 12.4. The Morgan fingerprint density at radius 1 is 1.43 bits per heavy atom. The van der Waals surface area contributed by atoms with E-state index in [0.29, 0.717) is 18.8 Å². The van der Waals surface area contributed by atoms with Gasteiger partial charge < -0.3 is 15.0 Å². The molecule has 1 fully saturated rings. The Kier molecular flexibility index (Phi) is 6.04. The first-order valence-corrected chi connectivity index (χ1v) is 9.44. The SMILES string of the molecule is CC(C)Oc1cccc(CNC(=O)N2CC[S@@](=O)[C@@H](C)[C@@H]2C)c1. The Hall–Kier alpha value is -1.56. The molecule has 0 aliphatic carbocycles. The van der Waals surface area contributed by atoms with Crippen LogP contribution in [0.25, 0.3) is 0 Å². The van der Waals surface area contributed by atoms with Crippen molar-refractivity contribution in [2.45, 2.75) is 51.6 Å². The van der Waals surface area contributed by atoms with Crippen molar-refractivity contribution in [3.05, 3.63) is 29.8 Å². The molecule has 5 nitrogen and oxygen atoms in total. The van der Waals surface area contributed by atoms with Gasteiger partial charge in [0, 0.05) is 35.7 Å². The molecule has 1 N–H and O–H groups in total. The number of carbonyl (C=O) groups is 1. The second kappa shape index (κ2) is 7.81. The summed E-state index contributed by atoms with van der Waals surface area (Å²) in [4.78, 5) is 14.2. The molecular formula is C17H26N2O3S. The molecule has 23 heavy (non-hydrogen) atoms. The zero-order valence-corrected chi connectivity index (χ0v) is 15.1. The average Bonchev–Trinajstić information content (AvgIpc) is 2.50. The van der Waals surface area contributed by atoms with Crippen molar-refractivity contribution < 1.29 is 13.7 Å². The number of urea groups is 1. The minimum atomic E-state index is -0.839. The summed E-state index contributed by atoms with van der Waals surface area (Å²) in [5.74, 6) is 1.36. The van der Waals surface area contributed by atoms with E-state index in [1.54, 1.807) is 4.90 Å². The number of nitrogens with one attached hydrogen (secondary N) is 1. The number of carbonyl (C=O) groups excluding carboxylic acids is 1. The summed E-state index contributed by atoms with van der Waals surface area (Å²) < 4.78 is 17.5. The van der Waals surface area contributed by atoms with Crippen LogP contribution in [0.2, 0.25) is 0 Å². The highest BCUT2D eigenvalue weighted by molar-refractivity contribution is 7.85. The monoisotopic (exact) mass is 338 g/mol. The van der Waals surface area contributed by atoms with E-state index in [0.717, 1.165) is 11.3 Å². The molecule has 1 aromatic rings. The van der Waals surface area contributed by atoms with Crippen LogP contribution >= 0.6 is 0 Å². The average molecular weight is 338 g/mol. The van der Waals surface area contributed by atoms with Gasteiger partial charge in [0.15, 0.2) is 0 Å². The third kappa shape index (κ3) is 4.70. The summed E-state index contributed by atoms with van der Waals surface area (Å²) in [6, 6.07) is 7.63. The Balaban J connectivity index is 1.93. The van der Waals surface area contributed by atoms with Crippen molar-refractivity contribution in [2.75, 3.05) is 12.3 Å². The lowest BCUT2D eigenvalue weighted by Crippen LogP contribution is -2.55. The number of hydrogen-bond acceptors (Lipinski definition) is 3. The smallest absolute Gasteiger partial charge is 0.317 e. The van der Waals surface area contributed by atoms with Crippen LogP contribution in [-0.4, -0.2) is 44.8 Å². The number of amides is 2.